The van der Waals surface area contributed by atoms with Crippen LogP contribution in [-0.2, 0) is 11.3 Å². The highest BCUT2D eigenvalue weighted by Crippen LogP contribution is 2.23. The van der Waals surface area contributed by atoms with Crippen LogP contribution in [0, 0.1) is 11.7 Å². The minimum absolute atomic E-state index is 0.0573. The summed E-state index contributed by atoms with van der Waals surface area (Å²) >= 11 is 0. The molecule has 0 spiro atoms. The first-order chi connectivity index (χ1) is 12.6. The zero-order valence-electron chi connectivity index (χ0n) is 15.1. The van der Waals surface area contributed by atoms with E-state index < -0.39 is 5.82 Å². The molecule has 1 fully saturated rings. The lowest BCUT2D eigenvalue weighted by Gasteiger charge is -2.34. The Morgan fingerprint density at radius 1 is 1.38 bits per heavy atom. The van der Waals surface area contributed by atoms with E-state index >= 15 is 0 Å². The fourth-order valence-corrected chi connectivity index (χ4v) is 3.29. The SMILES string of the molecule is COc1ccc(CN(C)C(=O)C2CCCN(c3ncccn3)C2)cc1F. The molecule has 3 rings (SSSR count). The van der Waals surface area contributed by atoms with Gasteiger partial charge >= 0.3 is 0 Å². The van der Waals surface area contributed by atoms with Gasteiger partial charge in [0, 0.05) is 39.1 Å². The minimum Gasteiger partial charge on any atom is -0.494 e. The molecule has 1 aliphatic heterocycles. The van der Waals surface area contributed by atoms with Crippen LogP contribution in [0.1, 0.15) is 18.4 Å². The number of hydrogen-bond donors (Lipinski definition) is 0. The van der Waals surface area contributed by atoms with Gasteiger partial charge in [-0.25, -0.2) is 14.4 Å². The monoisotopic (exact) mass is 358 g/mol. The zero-order chi connectivity index (χ0) is 18.5. The molecule has 0 bridgehead atoms. The molecule has 1 aromatic carbocycles. The number of rotatable bonds is 5. The average Bonchev–Trinajstić information content (AvgIpc) is 2.68. The largest absolute Gasteiger partial charge is 0.494 e. The van der Waals surface area contributed by atoms with E-state index in [4.69, 9.17) is 4.74 Å². The normalized spacial score (nSPS) is 17.0. The summed E-state index contributed by atoms with van der Waals surface area (Å²) in [6.45, 7) is 1.81. The summed E-state index contributed by atoms with van der Waals surface area (Å²) in [6.07, 6.45) is 5.17. The molecule has 1 aromatic heterocycles. The van der Waals surface area contributed by atoms with Crippen molar-refractivity contribution in [3.8, 4) is 5.75 Å². The van der Waals surface area contributed by atoms with Crippen LogP contribution in [0.2, 0.25) is 0 Å². The Morgan fingerprint density at radius 3 is 2.85 bits per heavy atom. The van der Waals surface area contributed by atoms with Crippen molar-refractivity contribution in [1.29, 1.82) is 0 Å². The van der Waals surface area contributed by atoms with E-state index in [0.29, 0.717) is 19.0 Å². The number of nitrogens with zero attached hydrogens (tertiary/aromatic N) is 4. The Labute approximate surface area is 152 Å². The van der Waals surface area contributed by atoms with Crippen LogP contribution in [0.5, 0.6) is 5.75 Å². The van der Waals surface area contributed by atoms with Gasteiger partial charge in [-0.05, 0) is 36.6 Å². The van der Waals surface area contributed by atoms with E-state index in [1.807, 2.05) is 4.90 Å². The summed E-state index contributed by atoms with van der Waals surface area (Å²) in [6, 6.07) is 6.54. The number of halogens is 1. The van der Waals surface area contributed by atoms with Crippen molar-refractivity contribution >= 4 is 11.9 Å². The molecule has 7 heteroatoms. The van der Waals surface area contributed by atoms with E-state index in [0.717, 1.165) is 24.9 Å². The molecule has 2 heterocycles. The minimum atomic E-state index is -0.420. The zero-order valence-corrected chi connectivity index (χ0v) is 15.1. The summed E-state index contributed by atoms with van der Waals surface area (Å²) in [4.78, 5) is 25.1. The highest BCUT2D eigenvalue weighted by Gasteiger charge is 2.29. The van der Waals surface area contributed by atoms with Crippen molar-refractivity contribution in [3.63, 3.8) is 0 Å². The van der Waals surface area contributed by atoms with Crippen LogP contribution in [-0.4, -0.2) is 48.0 Å². The highest BCUT2D eigenvalue weighted by molar-refractivity contribution is 5.79. The molecule has 1 unspecified atom stereocenters. The van der Waals surface area contributed by atoms with Crippen molar-refractivity contribution in [1.82, 2.24) is 14.9 Å². The van der Waals surface area contributed by atoms with E-state index in [1.54, 1.807) is 42.5 Å². The third-order valence-electron chi connectivity index (χ3n) is 4.62. The van der Waals surface area contributed by atoms with Crippen LogP contribution in [0.15, 0.2) is 36.7 Å². The predicted molar refractivity (Wildman–Crippen MR) is 96.4 cm³/mol. The Balaban J connectivity index is 1.63. The van der Waals surface area contributed by atoms with Gasteiger partial charge in [-0.3, -0.25) is 4.79 Å². The summed E-state index contributed by atoms with van der Waals surface area (Å²) in [5, 5.41) is 0. The van der Waals surface area contributed by atoms with Gasteiger partial charge in [0.1, 0.15) is 0 Å². The van der Waals surface area contributed by atoms with Crippen LogP contribution < -0.4 is 9.64 Å². The molecule has 0 aliphatic carbocycles. The molecule has 6 nitrogen and oxygen atoms in total. The van der Waals surface area contributed by atoms with E-state index in [1.165, 1.54) is 13.2 Å². The molecule has 0 saturated carbocycles. The van der Waals surface area contributed by atoms with Gasteiger partial charge in [0.25, 0.3) is 0 Å². The first-order valence-electron chi connectivity index (χ1n) is 8.68. The third kappa shape index (κ3) is 4.09. The maximum atomic E-state index is 13.8. The Morgan fingerprint density at radius 2 is 2.15 bits per heavy atom. The smallest absolute Gasteiger partial charge is 0.227 e. The van der Waals surface area contributed by atoms with Crippen molar-refractivity contribution in [3.05, 3.63) is 48.0 Å². The molecule has 138 valence electrons. The van der Waals surface area contributed by atoms with Gasteiger partial charge in [-0.2, -0.15) is 0 Å². The van der Waals surface area contributed by atoms with Gasteiger partial charge in [0.05, 0.1) is 13.0 Å². The van der Waals surface area contributed by atoms with Gasteiger partial charge in [-0.1, -0.05) is 6.07 Å². The molecule has 2 aromatic rings. The third-order valence-corrected chi connectivity index (χ3v) is 4.62. The fourth-order valence-electron chi connectivity index (χ4n) is 3.29. The van der Waals surface area contributed by atoms with Crippen LogP contribution >= 0.6 is 0 Å². The number of benzene rings is 1. The molecule has 0 N–H and O–H groups in total. The Bertz CT molecular complexity index is 756. The lowest BCUT2D eigenvalue weighted by Crippen LogP contribution is -2.44. The number of hydrogen-bond acceptors (Lipinski definition) is 5. The number of amides is 1. The van der Waals surface area contributed by atoms with Gasteiger partial charge in [-0.15, -0.1) is 0 Å². The standard InChI is InChI=1S/C19H23FN4O2/c1-23(12-14-6-7-17(26-2)16(20)11-14)18(25)15-5-3-10-24(13-15)19-21-8-4-9-22-19/h4,6-9,11,15H,3,5,10,12-13H2,1-2H3. The fraction of sp³-hybridized carbons (Fsp3) is 0.421. The molecular weight excluding hydrogens is 335 g/mol. The first-order valence-corrected chi connectivity index (χ1v) is 8.68. The van der Waals surface area contributed by atoms with Gasteiger partial charge in [0.2, 0.25) is 11.9 Å². The average molecular weight is 358 g/mol. The maximum Gasteiger partial charge on any atom is 0.227 e. The van der Waals surface area contributed by atoms with Crippen molar-refractivity contribution < 1.29 is 13.9 Å². The molecule has 0 radical (unpaired) electrons. The molecular formula is C19H23FN4O2. The number of carbonyl (C=O) groups excluding carboxylic acids is 1. The number of piperidine rings is 1. The molecule has 26 heavy (non-hydrogen) atoms. The molecule has 1 atom stereocenters. The highest BCUT2D eigenvalue weighted by atomic mass is 19.1. The second kappa shape index (κ2) is 8.12. The summed E-state index contributed by atoms with van der Waals surface area (Å²) in [7, 11) is 3.18. The summed E-state index contributed by atoms with van der Waals surface area (Å²) < 4.78 is 18.8. The van der Waals surface area contributed by atoms with Gasteiger partial charge in [0.15, 0.2) is 11.6 Å². The van der Waals surface area contributed by atoms with Crippen molar-refractivity contribution in [2.45, 2.75) is 19.4 Å². The number of ether oxygens (including phenoxy) is 1. The van der Waals surface area contributed by atoms with Crippen LogP contribution in [0.4, 0.5) is 10.3 Å². The van der Waals surface area contributed by atoms with Crippen LogP contribution in [0.25, 0.3) is 0 Å². The number of carbonyl (C=O) groups is 1. The molecule has 1 saturated heterocycles. The topological polar surface area (TPSA) is 58.6 Å². The van der Waals surface area contributed by atoms with Crippen LogP contribution in [0.3, 0.4) is 0 Å². The Hall–Kier alpha value is -2.70. The second-order valence-electron chi connectivity index (χ2n) is 6.50. The lowest BCUT2D eigenvalue weighted by molar-refractivity contribution is -0.135. The second-order valence-corrected chi connectivity index (χ2v) is 6.50. The van der Waals surface area contributed by atoms with E-state index in [2.05, 4.69) is 9.97 Å². The first kappa shape index (κ1) is 18.1. The van der Waals surface area contributed by atoms with Crippen molar-refractivity contribution in [2.75, 3.05) is 32.1 Å². The maximum absolute atomic E-state index is 13.8. The summed E-state index contributed by atoms with van der Waals surface area (Å²) in [5.74, 6) is 0.386. The lowest BCUT2D eigenvalue weighted by atomic mass is 9.96. The summed E-state index contributed by atoms with van der Waals surface area (Å²) in [5.41, 5.74) is 0.734. The van der Waals surface area contributed by atoms with Crippen molar-refractivity contribution in [2.24, 2.45) is 5.92 Å². The van der Waals surface area contributed by atoms with E-state index in [9.17, 15) is 9.18 Å². The number of anilines is 1. The molecule has 1 aliphatic rings. The Kier molecular flexibility index (Phi) is 5.65. The quantitative estimate of drug-likeness (QED) is 0.822. The number of methoxy groups -OCH3 is 1. The van der Waals surface area contributed by atoms with E-state index in [-0.39, 0.29) is 17.6 Å². The predicted octanol–water partition coefficient (Wildman–Crippen LogP) is 2.50. The molecule has 1 amide bonds. The number of aromatic nitrogens is 2. The van der Waals surface area contributed by atoms with Gasteiger partial charge < -0.3 is 14.5 Å².